The highest BCUT2D eigenvalue weighted by Crippen LogP contribution is 2.16. The lowest BCUT2D eigenvalue weighted by Gasteiger charge is -2.22. The minimum absolute atomic E-state index is 0.0525. The molecule has 0 radical (unpaired) electrons. The number of carbonyl (C=O) groups is 1. The number of hydrogen-bond donors (Lipinski definition) is 2. The highest BCUT2D eigenvalue weighted by Gasteiger charge is 2.31. The zero-order valence-electron chi connectivity index (χ0n) is 13.6. The van der Waals surface area contributed by atoms with Gasteiger partial charge in [0.05, 0.1) is 18.1 Å². The number of aromatic nitrogens is 1. The molecule has 1 aliphatic heterocycles. The molecule has 0 bridgehead atoms. The summed E-state index contributed by atoms with van der Waals surface area (Å²) in [6.07, 6.45) is 4.11. The van der Waals surface area contributed by atoms with E-state index < -0.39 is 9.84 Å². The molecule has 1 amide bonds. The Kier molecular flexibility index (Phi) is 5.95. The van der Waals surface area contributed by atoms with Crippen molar-refractivity contribution in [3.05, 3.63) is 24.0 Å². The Morgan fingerprint density at radius 3 is 2.87 bits per heavy atom. The number of carbonyl (C=O) groups excluding carboxylic acids is 1. The summed E-state index contributed by atoms with van der Waals surface area (Å²) in [5, 5.41) is 6.08. The van der Waals surface area contributed by atoms with Crippen molar-refractivity contribution >= 4 is 21.4 Å². The van der Waals surface area contributed by atoms with Gasteiger partial charge in [-0.1, -0.05) is 0 Å². The van der Waals surface area contributed by atoms with E-state index in [1.165, 1.54) is 0 Å². The molecule has 128 valence electrons. The van der Waals surface area contributed by atoms with Gasteiger partial charge in [-0.05, 0) is 32.0 Å². The van der Waals surface area contributed by atoms with Gasteiger partial charge in [0.15, 0.2) is 9.84 Å². The molecule has 1 aromatic rings. The van der Waals surface area contributed by atoms with E-state index in [0.29, 0.717) is 19.5 Å². The van der Waals surface area contributed by atoms with E-state index in [9.17, 15) is 13.2 Å². The molecule has 1 fully saturated rings. The third kappa shape index (κ3) is 5.47. The Hall–Kier alpha value is -1.67. The predicted molar refractivity (Wildman–Crippen MR) is 90.2 cm³/mol. The molecule has 1 aromatic heterocycles. The van der Waals surface area contributed by atoms with Gasteiger partial charge in [0, 0.05) is 37.2 Å². The first-order valence-electron chi connectivity index (χ1n) is 7.69. The summed E-state index contributed by atoms with van der Waals surface area (Å²) in [4.78, 5) is 17.8. The van der Waals surface area contributed by atoms with E-state index in [0.717, 1.165) is 11.3 Å². The van der Waals surface area contributed by atoms with Crippen molar-refractivity contribution in [2.75, 3.05) is 43.5 Å². The fourth-order valence-electron chi connectivity index (χ4n) is 2.61. The van der Waals surface area contributed by atoms with Crippen LogP contribution in [0.4, 0.5) is 5.69 Å². The van der Waals surface area contributed by atoms with E-state index in [1.807, 2.05) is 17.9 Å². The molecule has 8 heteroatoms. The van der Waals surface area contributed by atoms with Gasteiger partial charge in [0.2, 0.25) is 5.91 Å². The van der Waals surface area contributed by atoms with Gasteiger partial charge in [0.25, 0.3) is 0 Å². The van der Waals surface area contributed by atoms with Gasteiger partial charge in [-0.15, -0.1) is 0 Å². The molecular formula is C15H24N4O3S. The fraction of sp³-hybridized carbons (Fsp3) is 0.600. The molecular weight excluding hydrogens is 316 g/mol. The van der Waals surface area contributed by atoms with Crippen LogP contribution in [0.5, 0.6) is 0 Å². The van der Waals surface area contributed by atoms with Gasteiger partial charge in [-0.25, -0.2) is 8.42 Å². The van der Waals surface area contributed by atoms with Crippen LogP contribution in [-0.4, -0.2) is 68.4 Å². The van der Waals surface area contributed by atoms with Gasteiger partial charge in [0.1, 0.15) is 0 Å². The Morgan fingerprint density at radius 1 is 1.43 bits per heavy atom. The Labute approximate surface area is 137 Å². The van der Waals surface area contributed by atoms with Gasteiger partial charge in [-0.2, -0.15) is 0 Å². The molecule has 1 saturated heterocycles. The van der Waals surface area contributed by atoms with Crippen molar-refractivity contribution in [1.29, 1.82) is 0 Å². The number of anilines is 1. The normalized spacial score (nSPS) is 19.7. The first-order valence-corrected chi connectivity index (χ1v) is 9.51. The lowest BCUT2D eigenvalue weighted by Crippen LogP contribution is -2.42. The van der Waals surface area contributed by atoms with Crippen LogP contribution in [-0.2, 0) is 14.6 Å². The minimum Gasteiger partial charge on any atom is -0.383 e. The summed E-state index contributed by atoms with van der Waals surface area (Å²) in [7, 11) is -1.13. The quantitative estimate of drug-likeness (QED) is 0.681. The third-order valence-electron chi connectivity index (χ3n) is 4.01. The molecule has 2 N–H and O–H groups in total. The van der Waals surface area contributed by atoms with Crippen LogP contribution in [0.25, 0.3) is 0 Å². The number of amides is 1. The van der Waals surface area contributed by atoms with Crippen molar-refractivity contribution < 1.29 is 13.2 Å². The lowest BCUT2D eigenvalue weighted by atomic mass is 10.2. The van der Waals surface area contributed by atoms with Crippen molar-refractivity contribution in [3.8, 4) is 0 Å². The highest BCUT2D eigenvalue weighted by molar-refractivity contribution is 7.91. The van der Waals surface area contributed by atoms with E-state index in [2.05, 4.69) is 15.6 Å². The molecule has 1 unspecified atom stereocenters. The zero-order valence-corrected chi connectivity index (χ0v) is 14.4. The Morgan fingerprint density at radius 2 is 2.22 bits per heavy atom. The second-order valence-electron chi connectivity index (χ2n) is 5.94. The molecule has 23 heavy (non-hydrogen) atoms. The summed E-state index contributed by atoms with van der Waals surface area (Å²) in [5.41, 5.74) is 2.06. The van der Waals surface area contributed by atoms with Crippen LogP contribution in [0.1, 0.15) is 12.0 Å². The molecule has 7 nitrogen and oxygen atoms in total. The van der Waals surface area contributed by atoms with Crippen molar-refractivity contribution in [2.45, 2.75) is 19.4 Å². The maximum atomic E-state index is 11.9. The van der Waals surface area contributed by atoms with Crippen LogP contribution < -0.4 is 10.6 Å². The smallest absolute Gasteiger partial charge is 0.234 e. The van der Waals surface area contributed by atoms with E-state index in [1.54, 1.807) is 19.4 Å². The largest absolute Gasteiger partial charge is 0.383 e. The third-order valence-corrected chi connectivity index (χ3v) is 5.76. The predicted octanol–water partition coefficient (Wildman–Crippen LogP) is 0.0370. The molecule has 1 atom stereocenters. The Balaban J connectivity index is 1.66. The SMILES string of the molecule is Cc1cnccc1NCCNC(=O)CN(C)C1CCS(=O)(=O)C1. The number of nitrogens with one attached hydrogen (secondary N) is 2. The second kappa shape index (κ2) is 7.74. The average molecular weight is 340 g/mol. The van der Waals surface area contributed by atoms with Crippen LogP contribution in [0, 0.1) is 6.92 Å². The van der Waals surface area contributed by atoms with E-state index >= 15 is 0 Å². The maximum Gasteiger partial charge on any atom is 0.234 e. The second-order valence-corrected chi connectivity index (χ2v) is 8.17. The number of pyridine rings is 1. The molecule has 0 saturated carbocycles. The zero-order chi connectivity index (χ0) is 16.9. The summed E-state index contributed by atoms with van der Waals surface area (Å²) >= 11 is 0. The van der Waals surface area contributed by atoms with Gasteiger partial charge in [-0.3, -0.25) is 14.7 Å². The molecule has 2 heterocycles. The number of rotatable bonds is 7. The van der Waals surface area contributed by atoms with Crippen LogP contribution in [0.2, 0.25) is 0 Å². The maximum absolute atomic E-state index is 11.9. The summed E-state index contributed by atoms with van der Waals surface area (Å²) < 4.78 is 22.9. The van der Waals surface area contributed by atoms with Crippen LogP contribution >= 0.6 is 0 Å². The monoisotopic (exact) mass is 340 g/mol. The number of hydrogen-bond acceptors (Lipinski definition) is 6. The summed E-state index contributed by atoms with van der Waals surface area (Å²) in [6, 6.07) is 1.84. The topological polar surface area (TPSA) is 91.4 Å². The van der Waals surface area contributed by atoms with Crippen molar-refractivity contribution in [2.24, 2.45) is 0 Å². The summed E-state index contributed by atoms with van der Waals surface area (Å²) in [5.74, 6) is 0.281. The highest BCUT2D eigenvalue weighted by atomic mass is 32.2. The number of sulfone groups is 1. The van der Waals surface area contributed by atoms with E-state index in [-0.39, 0.29) is 30.0 Å². The molecule has 2 rings (SSSR count). The van der Waals surface area contributed by atoms with Gasteiger partial charge < -0.3 is 10.6 Å². The number of nitrogens with zero attached hydrogens (tertiary/aromatic N) is 2. The van der Waals surface area contributed by atoms with Crippen LogP contribution in [0.3, 0.4) is 0 Å². The number of likely N-dealkylation sites (N-methyl/N-ethyl adjacent to an activating group) is 1. The standard InChI is InChI=1S/C15H24N4O3S/c1-12-9-16-5-3-14(12)17-6-7-18-15(20)10-19(2)13-4-8-23(21,22)11-13/h3,5,9,13H,4,6-8,10-11H2,1-2H3,(H,16,17)(H,18,20). The van der Waals surface area contributed by atoms with Gasteiger partial charge >= 0.3 is 0 Å². The van der Waals surface area contributed by atoms with Crippen molar-refractivity contribution in [1.82, 2.24) is 15.2 Å². The Bertz CT molecular complexity index is 648. The van der Waals surface area contributed by atoms with Crippen molar-refractivity contribution in [3.63, 3.8) is 0 Å². The van der Waals surface area contributed by atoms with Crippen LogP contribution in [0.15, 0.2) is 18.5 Å². The average Bonchev–Trinajstić information content (AvgIpc) is 2.85. The lowest BCUT2D eigenvalue weighted by molar-refractivity contribution is -0.122. The molecule has 1 aliphatic rings. The fourth-order valence-corrected chi connectivity index (χ4v) is 4.41. The molecule has 0 spiro atoms. The summed E-state index contributed by atoms with van der Waals surface area (Å²) in [6.45, 7) is 3.32. The minimum atomic E-state index is -2.92. The molecule has 0 aromatic carbocycles. The first-order chi connectivity index (χ1) is 10.9. The van der Waals surface area contributed by atoms with E-state index in [4.69, 9.17) is 0 Å². The number of aryl methyl sites for hydroxylation is 1. The molecule has 0 aliphatic carbocycles. The first kappa shape index (κ1) is 17.7.